The largest absolute Gasteiger partial charge is 0.344 e. The third-order valence-electron chi connectivity index (χ3n) is 4.03. The summed E-state index contributed by atoms with van der Waals surface area (Å²) in [6.07, 6.45) is 5.51. The second-order valence-electron chi connectivity index (χ2n) is 5.26. The second kappa shape index (κ2) is 6.15. The molecule has 1 saturated heterocycles. The summed E-state index contributed by atoms with van der Waals surface area (Å²) in [4.78, 5) is 18.7. The number of rotatable bonds is 5. The van der Waals surface area contributed by atoms with Gasteiger partial charge in [0.15, 0.2) is 0 Å². The van der Waals surface area contributed by atoms with Gasteiger partial charge in [-0.3, -0.25) is 9.78 Å². The van der Waals surface area contributed by atoms with Crippen molar-refractivity contribution < 1.29 is 4.79 Å². The van der Waals surface area contributed by atoms with Crippen molar-refractivity contribution in [1.82, 2.24) is 15.2 Å². The molecule has 1 aromatic heterocycles. The van der Waals surface area contributed by atoms with Gasteiger partial charge in [0.2, 0.25) is 5.91 Å². The van der Waals surface area contributed by atoms with E-state index in [2.05, 4.69) is 17.2 Å². The molecule has 4 heteroatoms. The number of carbonyl (C=O) groups is 1. The number of pyridine rings is 1. The Labute approximate surface area is 115 Å². The number of amides is 1. The lowest BCUT2D eigenvalue weighted by atomic mass is 9.92. The summed E-state index contributed by atoms with van der Waals surface area (Å²) in [6, 6.07) is 5.89. The molecule has 4 nitrogen and oxygen atoms in total. The Kier molecular flexibility index (Phi) is 4.53. The summed E-state index contributed by atoms with van der Waals surface area (Å²) < 4.78 is 0. The monoisotopic (exact) mass is 261 g/mol. The third kappa shape index (κ3) is 3.13. The Balaban J connectivity index is 1.92. The second-order valence-corrected chi connectivity index (χ2v) is 5.26. The molecule has 0 aliphatic carbocycles. The van der Waals surface area contributed by atoms with Gasteiger partial charge in [0.1, 0.15) is 0 Å². The van der Waals surface area contributed by atoms with Crippen LogP contribution >= 0.6 is 0 Å². The molecular weight excluding hydrogens is 238 g/mol. The van der Waals surface area contributed by atoms with Crippen molar-refractivity contribution in [2.75, 3.05) is 20.1 Å². The summed E-state index contributed by atoms with van der Waals surface area (Å²) in [7, 11) is 1.89. The zero-order valence-corrected chi connectivity index (χ0v) is 11.9. The Morgan fingerprint density at radius 3 is 2.95 bits per heavy atom. The van der Waals surface area contributed by atoms with E-state index in [1.807, 2.05) is 30.1 Å². The molecule has 2 heterocycles. The van der Waals surface area contributed by atoms with E-state index in [0.29, 0.717) is 0 Å². The molecule has 0 radical (unpaired) electrons. The molecule has 104 valence electrons. The summed E-state index contributed by atoms with van der Waals surface area (Å²) >= 11 is 0. The van der Waals surface area contributed by atoms with Gasteiger partial charge in [-0.1, -0.05) is 13.0 Å². The first-order chi connectivity index (χ1) is 9.18. The van der Waals surface area contributed by atoms with Crippen LogP contribution in [0.1, 0.15) is 31.9 Å². The van der Waals surface area contributed by atoms with Gasteiger partial charge in [-0.15, -0.1) is 0 Å². The maximum atomic E-state index is 12.6. The smallest absolute Gasteiger partial charge is 0.242 e. The van der Waals surface area contributed by atoms with E-state index in [0.717, 1.165) is 44.5 Å². The lowest BCUT2D eigenvalue weighted by Crippen LogP contribution is -2.53. The highest BCUT2D eigenvalue weighted by molar-refractivity contribution is 5.86. The Hall–Kier alpha value is -1.42. The van der Waals surface area contributed by atoms with E-state index in [4.69, 9.17) is 0 Å². The van der Waals surface area contributed by atoms with Crippen molar-refractivity contribution in [3.8, 4) is 0 Å². The van der Waals surface area contributed by atoms with Crippen LogP contribution in [0.2, 0.25) is 0 Å². The van der Waals surface area contributed by atoms with Crippen molar-refractivity contribution in [2.24, 2.45) is 0 Å². The minimum absolute atomic E-state index is 0.225. The molecule has 0 saturated carbocycles. The molecule has 1 aromatic rings. The molecule has 1 atom stereocenters. The van der Waals surface area contributed by atoms with Crippen molar-refractivity contribution in [3.63, 3.8) is 0 Å². The highest BCUT2D eigenvalue weighted by atomic mass is 16.2. The van der Waals surface area contributed by atoms with Crippen LogP contribution in [0.15, 0.2) is 24.4 Å². The van der Waals surface area contributed by atoms with Crippen molar-refractivity contribution >= 4 is 5.91 Å². The molecule has 1 aliphatic rings. The molecule has 0 aromatic carbocycles. The topological polar surface area (TPSA) is 45.2 Å². The van der Waals surface area contributed by atoms with E-state index in [9.17, 15) is 4.79 Å². The fraction of sp³-hybridized carbons (Fsp3) is 0.600. The summed E-state index contributed by atoms with van der Waals surface area (Å²) in [6.45, 7) is 3.76. The highest BCUT2D eigenvalue weighted by Crippen LogP contribution is 2.25. The number of nitrogens with zero attached hydrogens (tertiary/aromatic N) is 2. The average molecular weight is 261 g/mol. The fourth-order valence-electron chi connectivity index (χ4n) is 2.74. The normalized spacial score (nSPS) is 22.4. The highest BCUT2D eigenvalue weighted by Gasteiger charge is 2.40. The van der Waals surface area contributed by atoms with Crippen molar-refractivity contribution in [2.45, 2.75) is 38.1 Å². The van der Waals surface area contributed by atoms with Gasteiger partial charge >= 0.3 is 0 Å². The third-order valence-corrected chi connectivity index (χ3v) is 4.03. The standard InChI is InChI=1S/C15H23N3O/c1-3-15(9-6-11-17-15)14(19)18(2)12-8-13-7-4-5-10-16-13/h4-5,7,10,17H,3,6,8-9,11-12H2,1-2H3. The molecular formula is C15H23N3O. The number of likely N-dealkylation sites (N-methyl/N-ethyl adjacent to an activating group) is 1. The maximum Gasteiger partial charge on any atom is 0.242 e. The molecule has 1 amide bonds. The van der Waals surface area contributed by atoms with Crippen LogP contribution in [0, 0.1) is 0 Å². The van der Waals surface area contributed by atoms with Crippen molar-refractivity contribution in [3.05, 3.63) is 30.1 Å². The lowest BCUT2D eigenvalue weighted by molar-refractivity contribution is -0.136. The van der Waals surface area contributed by atoms with Crippen LogP contribution in [0.4, 0.5) is 0 Å². The predicted molar refractivity (Wildman–Crippen MR) is 75.8 cm³/mol. The van der Waals surface area contributed by atoms with E-state index >= 15 is 0 Å². The van der Waals surface area contributed by atoms with Gasteiger partial charge < -0.3 is 10.2 Å². The molecule has 19 heavy (non-hydrogen) atoms. The number of carbonyl (C=O) groups excluding carboxylic acids is 1. The first kappa shape index (κ1) is 14.0. The molecule has 2 rings (SSSR count). The Bertz CT molecular complexity index is 413. The van der Waals surface area contributed by atoms with Gasteiger partial charge in [0.05, 0.1) is 5.54 Å². The zero-order chi connectivity index (χ0) is 13.7. The number of hydrogen-bond donors (Lipinski definition) is 1. The van der Waals surface area contributed by atoms with Crippen LogP contribution in [0.3, 0.4) is 0 Å². The Morgan fingerprint density at radius 1 is 1.53 bits per heavy atom. The van der Waals surface area contributed by atoms with Gasteiger partial charge in [0.25, 0.3) is 0 Å². The number of aromatic nitrogens is 1. The SMILES string of the molecule is CCC1(C(=O)N(C)CCc2ccccn2)CCCN1. The van der Waals surface area contributed by atoms with Crippen LogP contribution in [-0.2, 0) is 11.2 Å². The maximum absolute atomic E-state index is 12.6. The van der Waals surface area contributed by atoms with E-state index < -0.39 is 0 Å². The summed E-state index contributed by atoms with van der Waals surface area (Å²) in [5.41, 5.74) is 0.714. The molecule has 1 N–H and O–H groups in total. The zero-order valence-electron chi connectivity index (χ0n) is 11.9. The Morgan fingerprint density at radius 2 is 2.37 bits per heavy atom. The first-order valence-corrected chi connectivity index (χ1v) is 7.08. The molecule has 1 aliphatic heterocycles. The van der Waals surface area contributed by atoms with Crippen LogP contribution in [0.25, 0.3) is 0 Å². The molecule has 1 unspecified atom stereocenters. The molecule has 1 fully saturated rings. The molecule has 0 spiro atoms. The molecule has 0 bridgehead atoms. The van der Waals surface area contributed by atoms with E-state index in [-0.39, 0.29) is 11.4 Å². The number of nitrogens with one attached hydrogen (secondary N) is 1. The van der Waals surface area contributed by atoms with Gasteiger partial charge in [-0.05, 0) is 37.9 Å². The fourth-order valence-corrected chi connectivity index (χ4v) is 2.74. The van der Waals surface area contributed by atoms with Gasteiger partial charge in [0, 0.05) is 31.9 Å². The van der Waals surface area contributed by atoms with Crippen LogP contribution in [-0.4, -0.2) is 41.5 Å². The minimum atomic E-state index is -0.321. The quantitative estimate of drug-likeness (QED) is 0.876. The summed E-state index contributed by atoms with van der Waals surface area (Å²) in [5, 5.41) is 3.39. The van der Waals surface area contributed by atoms with Crippen molar-refractivity contribution in [1.29, 1.82) is 0 Å². The average Bonchev–Trinajstić information content (AvgIpc) is 2.95. The van der Waals surface area contributed by atoms with Crippen LogP contribution in [0.5, 0.6) is 0 Å². The predicted octanol–water partition coefficient (Wildman–Crippen LogP) is 1.61. The number of hydrogen-bond acceptors (Lipinski definition) is 3. The summed E-state index contributed by atoms with van der Waals surface area (Å²) in [5.74, 6) is 0.225. The lowest BCUT2D eigenvalue weighted by Gasteiger charge is -2.31. The van der Waals surface area contributed by atoms with Gasteiger partial charge in [-0.25, -0.2) is 0 Å². The van der Waals surface area contributed by atoms with Crippen LogP contribution < -0.4 is 5.32 Å². The van der Waals surface area contributed by atoms with E-state index in [1.54, 1.807) is 6.20 Å². The van der Waals surface area contributed by atoms with E-state index in [1.165, 1.54) is 0 Å². The first-order valence-electron chi connectivity index (χ1n) is 7.08. The minimum Gasteiger partial charge on any atom is -0.344 e. The van der Waals surface area contributed by atoms with Gasteiger partial charge in [-0.2, -0.15) is 0 Å².